The van der Waals surface area contributed by atoms with Crippen LogP contribution in [0.4, 0.5) is 10.1 Å². The highest BCUT2D eigenvalue weighted by Gasteiger charge is 2.27. The Bertz CT molecular complexity index is 1390. The first-order valence-electron chi connectivity index (χ1n) is 13.3. The quantitative estimate of drug-likeness (QED) is 0.304. The second-order valence-corrected chi connectivity index (χ2v) is 10.8. The molecular weight excluding hydrogens is 543 g/mol. The Balaban J connectivity index is 0.00000462. The molecule has 11 heteroatoms. The number of carbonyl (C=O) groups excluding carboxylic acids is 3. The summed E-state index contributed by atoms with van der Waals surface area (Å²) in [7, 11) is 1.70. The van der Waals surface area contributed by atoms with Gasteiger partial charge in [0.2, 0.25) is 5.91 Å². The number of hydrazine groups is 1. The maximum Gasteiger partial charge on any atom is 0.268 e. The van der Waals surface area contributed by atoms with E-state index in [1.807, 2.05) is 30.1 Å². The number of primary amides is 1. The first-order chi connectivity index (χ1) is 19.2. The molecule has 3 N–H and O–H groups in total. The molecule has 3 aromatic rings. The summed E-state index contributed by atoms with van der Waals surface area (Å²) < 4.78 is 13.7. The van der Waals surface area contributed by atoms with E-state index in [1.54, 1.807) is 28.4 Å². The topological polar surface area (TPSA) is 112 Å². The SMILES string of the molecule is C.CCCCCNC(=O)CN(CC(=O)N(C)N1Cc2ccc(F)cc2C1)c1ccc(-c2nc(C(N)=O)cs2)cc1C. The molecular formula is C30H39FN6O3S. The molecule has 0 saturated heterocycles. The van der Waals surface area contributed by atoms with Crippen LogP contribution in [0, 0.1) is 12.7 Å². The average Bonchev–Trinajstić information content (AvgIpc) is 3.58. The third-order valence-corrected chi connectivity index (χ3v) is 7.85. The largest absolute Gasteiger partial charge is 0.364 e. The Labute approximate surface area is 245 Å². The second-order valence-electron chi connectivity index (χ2n) is 9.97. The molecule has 4 rings (SSSR count). The zero-order valence-electron chi connectivity index (χ0n) is 23.1. The van der Waals surface area contributed by atoms with E-state index in [1.165, 1.54) is 23.5 Å². The zero-order chi connectivity index (χ0) is 28.8. The minimum absolute atomic E-state index is 0. The van der Waals surface area contributed by atoms with Crippen LogP contribution in [0.1, 0.15) is 60.8 Å². The van der Waals surface area contributed by atoms with Crippen molar-refractivity contribution in [1.82, 2.24) is 20.3 Å². The highest BCUT2D eigenvalue weighted by Crippen LogP contribution is 2.30. The number of amides is 3. The lowest BCUT2D eigenvalue weighted by atomic mass is 10.1. The van der Waals surface area contributed by atoms with E-state index in [0.717, 1.165) is 47.2 Å². The summed E-state index contributed by atoms with van der Waals surface area (Å²) >= 11 is 1.32. The van der Waals surface area contributed by atoms with Crippen LogP contribution in [0.15, 0.2) is 41.8 Å². The number of nitrogens with zero attached hydrogens (tertiary/aromatic N) is 4. The molecule has 9 nitrogen and oxygen atoms in total. The Morgan fingerprint density at radius 2 is 1.85 bits per heavy atom. The van der Waals surface area contributed by atoms with Gasteiger partial charge in [0.25, 0.3) is 11.8 Å². The van der Waals surface area contributed by atoms with Crippen molar-refractivity contribution in [2.24, 2.45) is 5.73 Å². The van der Waals surface area contributed by atoms with Gasteiger partial charge in [0.15, 0.2) is 0 Å². The van der Waals surface area contributed by atoms with Crippen molar-refractivity contribution in [2.45, 2.75) is 53.6 Å². The van der Waals surface area contributed by atoms with E-state index in [-0.39, 0.29) is 43.8 Å². The molecule has 1 aliphatic heterocycles. The molecule has 0 unspecified atom stereocenters. The normalized spacial score (nSPS) is 12.4. The molecule has 41 heavy (non-hydrogen) atoms. The summed E-state index contributed by atoms with van der Waals surface area (Å²) in [4.78, 5) is 43.9. The highest BCUT2D eigenvalue weighted by molar-refractivity contribution is 7.13. The fraction of sp³-hybridized carbons (Fsp3) is 0.400. The number of aryl methyl sites for hydroxylation is 1. The monoisotopic (exact) mass is 582 g/mol. The van der Waals surface area contributed by atoms with Gasteiger partial charge in [-0.2, -0.15) is 0 Å². The number of thiazole rings is 1. The van der Waals surface area contributed by atoms with Crippen molar-refractivity contribution in [3.05, 3.63) is 70.0 Å². The summed E-state index contributed by atoms with van der Waals surface area (Å²) in [6, 6.07) is 10.3. The van der Waals surface area contributed by atoms with Crippen LogP contribution in [0.5, 0.6) is 0 Å². The number of hydrogen-bond donors (Lipinski definition) is 2. The maximum atomic E-state index is 13.7. The van der Waals surface area contributed by atoms with Gasteiger partial charge in [0.1, 0.15) is 16.5 Å². The molecule has 0 saturated carbocycles. The predicted octanol–water partition coefficient (Wildman–Crippen LogP) is 4.49. The summed E-state index contributed by atoms with van der Waals surface area (Å²) in [6.07, 6.45) is 2.99. The van der Waals surface area contributed by atoms with Crippen molar-refractivity contribution in [3.8, 4) is 10.6 Å². The van der Waals surface area contributed by atoms with Crippen LogP contribution in [-0.2, 0) is 22.7 Å². The third-order valence-electron chi connectivity index (χ3n) is 6.96. The van der Waals surface area contributed by atoms with Crippen molar-refractivity contribution >= 4 is 34.7 Å². The van der Waals surface area contributed by atoms with Crippen molar-refractivity contribution in [3.63, 3.8) is 0 Å². The second kappa shape index (κ2) is 14.2. The van der Waals surface area contributed by atoms with Crippen molar-refractivity contribution in [1.29, 1.82) is 0 Å². The van der Waals surface area contributed by atoms with Crippen molar-refractivity contribution in [2.75, 3.05) is 31.6 Å². The first-order valence-corrected chi connectivity index (χ1v) is 14.2. The zero-order valence-corrected chi connectivity index (χ0v) is 23.9. The van der Waals surface area contributed by atoms with Crippen LogP contribution in [-0.4, -0.2) is 59.4 Å². The third kappa shape index (κ3) is 7.89. The lowest BCUT2D eigenvalue weighted by Gasteiger charge is -2.32. The molecule has 3 amide bonds. The number of likely N-dealkylation sites (N-methyl/N-ethyl adjacent to an activating group) is 1. The molecule has 0 fully saturated rings. The number of nitrogens with two attached hydrogens (primary N) is 1. The molecule has 2 aromatic carbocycles. The molecule has 0 spiro atoms. The number of unbranched alkanes of at least 4 members (excludes halogenated alkanes) is 2. The summed E-state index contributed by atoms with van der Waals surface area (Å²) in [6.45, 7) is 5.53. The Morgan fingerprint density at radius 1 is 1.10 bits per heavy atom. The summed E-state index contributed by atoms with van der Waals surface area (Å²) in [5.74, 6) is -1.24. The van der Waals surface area contributed by atoms with E-state index >= 15 is 0 Å². The van der Waals surface area contributed by atoms with Gasteiger partial charge >= 0.3 is 0 Å². The molecule has 0 atom stereocenters. The van der Waals surface area contributed by atoms with E-state index in [9.17, 15) is 18.8 Å². The van der Waals surface area contributed by atoms with Gasteiger partial charge in [-0.05, 0) is 60.4 Å². The lowest BCUT2D eigenvalue weighted by Crippen LogP contribution is -2.48. The van der Waals surface area contributed by atoms with E-state index in [2.05, 4.69) is 17.2 Å². The van der Waals surface area contributed by atoms with Gasteiger partial charge in [-0.25, -0.2) is 14.4 Å². The van der Waals surface area contributed by atoms with E-state index < -0.39 is 5.91 Å². The molecule has 0 radical (unpaired) electrons. The van der Waals surface area contributed by atoms with Crippen molar-refractivity contribution < 1.29 is 18.8 Å². The molecule has 1 aromatic heterocycles. The summed E-state index contributed by atoms with van der Waals surface area (Å²) in [5.41, 5.74) is 9.81. The fourth-order valence-corrected chi connectivity index (χ4v) is 5.51. The predicted molar refractivity (Wildman–Crippen MR) is 161 cm³/mol. The van der Waals surface area contributed by atoms with E-state index in [0.29, 0.717) is 24.6 Å². The number of aromatic nitrogens is 1. The number of carbonyl (C=O) groups is 3. The molecule has 220 valence electrons. The Kier molecular flexibility index (Phi) is 11.0. The molecule has 1 aliphatic rings. The van der Waals surface area contributed by atoms with Crippen LogP contribution in [0.25, 0.3) is 10.6 Å². The van der Waals surface area contributed by atoms with Gasteiger partial charge in [0.05, 0.1) is 13.1 Å². The number of anilines is 1. The molecule has 2 heterocycles. The average molecular weight is 583 g/mol. The van der Waals surface area contributed by atoms with Crippen LogP contribution < -0.4 is 16.0 Å². The smallest absolute Gasteiger partial charge is 0.268 e. The number of rotatable bonds is 12. The first kappa shape index (κ1) is 31.7. The van der Waals surface area contributed by atoms with Gasteiger partial charge in [0, 0.05) is 43.3 Å². The van der Waals surface area contributed by atoms with Crippen LogP contribution in [0.3, 0.4) is 0 Å². The highest BCUT2D eigenvalue weighted by atomic mass is 32.1. The van der Waals surface area contributed by atoms with Gasteiger partial charge in [-0.3, -0.25) is 19.4 Å². The molecule has 0 aliphatic carbocycles. The summed E-state index contributed by atoms with van der Waals surface area (Å²) in [5, 5.41) is 8.65. The lowest BCUT2D eigenvalue weighted by molar-refractivity contribution is -0.145. The molecule has 0 bridgehead atoms. The number of benzene rings is 2. The van der Waals surface area contributed by atoms with Gasteiger partial charge in [-0.15, -0.1) is 11.3 Å². The van der Waals surface area contributed by atoms with Crippen LogP contribution >= 0.6 is 11.3 Å². The van der Waals surface area contributed by atoms with Gasteiger partial charge in [-0.1, -0.05) is 33.3 Å². The number of hydrogen-bond acceptors (Lipinski definition) is 7. The standard InChI is InChI=1S/C29H35FN6O3S.CH4/c1-4-5-6-11-32-26(37)16-35(17-27(38)34(3)36-14-21-7-9-23(30)13-22(21)15-36)25-10-8-20(12-19(25)2)29-33-24(18-40-29)28(31)39;/h7-10,12-13,18H,4-6,11,14-17H2,1-3H3,(H2,31,39)(H,32,37);1H4. The minimum Gasteiger partial charge on any atom is -0.364 e. The van der Waals surface area contributed by atoms with E-state index in [4.69, 9.17) is 5.73 Å². The minimum atomic E-state index is -0.583. The number of fused-ring (bicyclic) bond motifs is 1. The maximum absolute atomic E-state index is 13.7. The number of halogens is 1. The Morgan fingerprint density at radius 3 is 2.54 bits per heavy atom. The Hall–Kier alpha value is -3.83. The van der Waals surface area contributed by atoms with Crippen LogP contribution in [0.2, 0.25) is 0 Å². The fourth-order valence-electron chi connectivity index (χ4n) is 4.70. The number of nitrogens with one attached hydrogen (secondary N) is 1. The van der Waals surface area contributed by atoms with Gasteiger partial charge < -0.3 is 16.0 Å².